The number of hydrogen-bond donors (Lipinski definition) is 1. The summed E-state index contributed by atoms with van der Waals surface area (Å²) in [6, 6.07) is 14.0. The van der Waals surface area contributed by atoms with Crippen LogP contribution in [0.25, 0.3) is 10.9 Å². The van der Waals surface area contributed by atoms with Crippen molar-refractivity contribution < 1.29 is 4.79 Å². The van der Waals surface area contributed by atoms with E-state index in [1.54, 1.807) is 0 Å². The van der Waals surface area contributed by atoms with Gasteiger partial charge in [-0.3, -0.25) is 14.7 Å². The molecule has 1 amide bonds. The van der Waals surface area contributed by atoms with Crippen molar-refractivity contribution in [3.63, 3.8) is 0 Å². The Morgan fingerprint density at radius 2 is 1.85 bits per heavy atom. The lowest BCUT2D eigenvalue weighted by molar-refractivity contribution is -0.121. The monoisotopic (exact) mass is 458 g/mol. The summed E-state index contributed by atoms with van der Waals surface area (Å²) in [5, 5.41) is 4.36. The quantitative estimate of drug-likeness (QED) is 0.485. The average molecular weight is 459 g/mol. The summed E-state index contributed by atoms with van der Waals surface area (Å²) in [5.74, 6) is 0.0816. The molecule has 5 rings (SSSR count). The number of nitrogens with zero attached hydrogens (tertiary/aromatic N) is 3. The number of likely N-dealkylation sites (tertiary alicyclic amines) is 1. The molecule has 1 atom stereocenters. The van der Waals surface area contributed by atoms with E-state index in [1.807, 2.05) is 6.20 Å². The fourth-order valence-corrected chi connectivity index (χ4v) is 6.09. The number of carbonyl (C=O) groups is 1. The minimum absolute atomic E-state index is 0.0816. The maximum absolute atomic E-state index is 12.6. The molecular formula is C29H38N4O. The lowest BCUT2D eigenvalue weighted by atomic mass is 9.93. The molecule has 3 heterocycles. The van der Waals surface area contributed by atoms with Gasteiger partial charge in [0, 0.05) is 48.3 Å². The molecule has 1 aliphatic heterocycles. The Kier molecular flexibility index (Phi) is 7.00. The smallest absolute Gasteiger partial charge is 0.222 e. The van der Waals surface area contributed by atoms with Crippen molar-refractivity contribution >= 4 is 16.8 Å². The third kappa shape index (κ3) is 4.76. The zero-order chi connectivity index (χ0) is 23.5. The zero-order valence-corrected chi connectivity index (χ0v) is 20.7. The van der Waals surface area contributed by atoms with Crippen molar-refractivity contribution in [2.75, 3.05) is 6.54 Å². The Morgan fingerprint density at radius 3 is 2.65 bits per heavy atom. The maximum Gasteiger partial charge on any atom is 0.222 e. The molecular weight excluding hydrogens is 420 g/mol. The van der Waals surface area contributed by atoms with Gasteiger partial charge in [0.15, 0.2) is 0 Å². The van der Waals surface area contributed by atoms with Gasteiger partial charge in [-0.25, -0.2) is 0 Å². The molecule has 1 saturated carbocycles. The lowest BCUT2D eigenvalue weighted by Crippen LogP contribution is -2.36. The van der Waals surface area contributed by atoms with Crippen molar-refractivity contribution in [3.8, 4) is 0 Å². The highest BCUT2D eigenvalue weighted by atomic mass is 16.1. The van der Waals surface area contributed by atoms with Crippen LogP contribution < -0.4 is 5.32 Å². The number of nitrogens with one attached hydrogen (secondary N) is 1. The molecule has 3 aromatic rings. The molecule has 1 saturated heterocycles. The van der Waals surface area contributed by atoms with Crippen LogP contribution in [-0.4, -0.2) is 32.9 Å². The maximum atomic E-state index is 12.6. The normalized spacial score (nSPS) is 19.6. The number of amides is 1. The van der Waals surface area contributed by atoms with E-state index in [0.29, 0.717) is 25.6 Å². The number of aromatic nitrogens is 2. The SMILES string of the molecule is Cc1c(C)n(CCC(=O)NCc2ccc(C3CCCN3C3CCCCC3)nc2)c2ccccc12. The third-order valence-corrected chi connectivity index (χ3v) is 8.13. The highest BCUT2D eigenvalue weighted by Crippen LogP contribution is 2.36. The minimum Gasteiger partial charge on any atom is -0.352 e. The molecule has 2 aliphatic rings. The Balaban J connectivity index is 1.15. The molecule has 2 aromatic heterocycles. The summed E-state index contributed by atoms with van der Waals surface area (Å²) in [6.07, 6.45) is 11.8. The van der Waals surface area contributed by atoms with Gasteiger partial charge in [-0.15, -0.1) is 0 Å². The number of benzene rings is 1. The number of aryl methyl sites for hydroxylation is 2. The number of carbonyl (C=O) groups excluding carboxylic acids is 1. The average Bonchev–Trinajstić information content (AvgIpc) is 3.46. The molecule has 5 nitrogen and oxygen atoms in total. The van der Waals surface area contributed by atoms with Crippen LogP contribution >= 0.6 is 0 Å². The second kappa shape index (κ2) is 10.3. The second-order valence-electron chi connectivity index (χ2n) is 10.2. The van der Waals surface area contributed by atoms with E-state index in [2.05, 4.69) is 65.0 Å². The van der Waals surface area contributed by atoms with Crippen LogP contribution in [0.1, 0.15) is 79.9 Å². The molecule has 2 fully saturated rings. The summed E-state index contributed by atoms with van der Waals surface area (Å²) >= 11 is 0. The van der Waals surface area contributed by atoms with E-state index in [-0.39, 0.29) is 5.91 Å². The van der Waals surface area contributed by atoms with Gasteiger partial charge in [0.1, 0.15) is 0 Å². The van der Waals surface area contributed by atoms with Gasteiger partial charge in [-0.1, -0.05) is 43.5 Å². The number of hydrogen-bond acceptors (Lipinski definition) is 3. The number of rotatable bonds is 7. The molecule has 1 aliphatic carbocycles. The lowest BCUT2D eigenvalue weighted by Gasteiger charge is -2.35. The van der Waals surface area contributed by atoms with E-state index in [9.17, 15) is 4.79 Å². The molecule has 0 spiro atoms. The number of pyridine rings is 1. The topological polar surface area (TPSA) is 50.2 Å². The van der Waals surface area contributed by atoms with Crippen molar-refractivity contribution in [2.45, 2.75) is 90.4 Å². The first-order valence-electron chi connectivity index (χ1n) is 13.1. The second-order valence-corrected chi connectivity index (χ2v) is 10.2. The van der Waals surface area contributed by atoms with Gasteiger partial charge in [-0.05, 0) is 69.3 Å². The van der Waals surface area contributed by atoms with Crippen LogP contribution in [0.2, 0.25) is 0 Å². The van der Waals surface area contributed by atoms with Crippen molar-refractivity contribution in [2.24, 2.45) is 0 Å². The number of fused-ring (bicyclic) bond motifs is 1. The molecule has 1 unspecified atom stereocenters. The molecule has 1 N–H and O–H groups in total. The van der Waals surface area contributed by atoms with Gasteiger partial charge in [0.25, 0.3) is 0 Å². The highest BCUT2D eigenvalue weighted by molar-refractivity contribution is 5.85. The number of para-hydroxylation sites is 1. The fourth-order valence-electron chi connectivity index (χ4n) is 6.09. The predicted octanol–water partition coefficient (Wildman–Crippen LogP) is 5.83. The first-order chi connectivity index (χ1) is 16.6. The van der Waals surface area contributed by atoms with E-state index in [1.165, 1.54) is 79.3 Å². The first-order valence-corrected chi connectivity index (χ1v) is 13.1. The molecule has 1 aromatic carbocycles. The summed E-state index contributed by atoms with van der Waals surface area (Å²) in [4.78, 5) is 20.1. The standard InChI is InChI=1S/C29H38N4O/c1-21-22(2)32(27-12-7-6-11-25(21)27)18-16-29(34)31-20-23-14-15-26(30-19-23)28-13-8-17-33(28)24-9-4-3-5-10-24/h6-7,11-12,14-15,19,24,28H,3-5,8-10,13,16-18,20H2,1-2H3,(H,31,34). The van der Waals surface area contributed by atoms with Gasteiger partial charge in [-0.2, -0.15) is 0 Å². The Hall–Kier alpha value is -2.66. The van der Waals surface area contributed by atoms with Crippen molar-refractivity contribution in [1.82, 2.24) is 19.8 Å². The van der Waals surface area contributed by atoms with Crippen LogP contribution in [0.3, 0.4) is 0 Å². The molecule has 180 valence electrons. The summed E-state index contributed by atoms with van der Waals surface area (Å²) < 4.78 is 2.26. The molecule has 0 bridgehead atoms. The molecule has 5 heteroatoms. The van der Waals surface area contributed by atoms with E-state index >= 15 is 0 Å². The Labute approximate surface area is 203 Å². The van der Waals surface area contributed by atoms with Gasteiger partial charge < -0.3 is 9.88 Å². The third-order valence-electron chi connectivity index (χ3n) is 8.13. The van der Waals surface area contributed by atoms with Gasteiger partial charge in [0.2, 0.25) is 5.91 Å². The first kappa shape index (κ1) is 23.1. The van der Waals surface area contributed by atoms with Crippen molar-refractivity contribution in [1.29, 1.82) is 0 Å². The highest BCUT2D eigenvalue weighted by Gasteiger charge is 2.33. The summed E-state index contributed by atoms with van der Waals surface area (Å²) in [7, 11) is 0. The van der Waals surface area contributed by atoms with E-state index in [4.69, 9.17) is 4.98 Å². The van der Waals surface area contributed by atoms with E-state index in [0.717, 1.165) is 11.6 Å². The minimum atomic E-state index is 0.0816. The molecule has 34 heavy (non-hydrogen) atoms. The van der Waals surface area contributed by atoms with Gasteiger partial charge >= 0.3 is 0 Å². The van der Waals surface area contributed by atoms with E-state index < -0.39 is 0 Å². The predicted molar refractivity (Wildman–Crippen MR) is 138 cm³/mol. The molecule has 0 radical (unpaired) electrons. The fraction of sp³-hybridized carbons (Fsp3) is 0.517. The van der Waals surface area contributed by atoms with Gasteiger partial charge in [0.05, 0.1) is 11.7 Å². The van der Waals surface area contributed by atoms with Crippen LogP contribution in [0, 0.1) is 13.8 Å². The summed E-state index contributed by atoms with van der Waals surface area (Å²) in [6.45, 7) is 6.74. The van der Waals surface area contributed by atoms with Crippen LogP contribution in [0.4, 0.5) is 0 Å². The largest absolute Gasteiger partial charge is 0.352 e. The van der Waals surface area contributed by atoms with Crippen molar-refractivity contribution in [3.05, 3.63) is 65.1 Å². The zero-order valence-electron chi connectivity index (χ0n) is 20.7. The Morgan fingerprint density at radius 1 is 1.03 bits per heavy atom. The van der Waals surface area contributed by atoms with Crippen LogP contribution in [-0.2, 0) is 17.9 Å². The van der Waals surface area contributed by atoms with Crippen LogP contribution in [0.15, 0.2) is 42.6 Å². The Bertz CT molecular complexity index is 1130. The summed E-state index contributed by atoms with van der Waals surface area (Å²) in [5.41, 5.74) is 6.01. The van der Waals surface area contributed by atoms with Crippen LogP contribution in [0.5, 0.6) is 0 Å².